The van der Waals surface area contributed by atoms with Crippen LogP contribution < -0.4 is 20.0 Å². The maximum atomic E-state index is 11.7. The van der Waals surface area contributed by atoms with Gasteiger partial charge in [0.1, 0.15) is 5.15 Å². The van der Waals surface area contributed by atoms with Gasteiger partial charge in [-0.1, -0.05) is 93.0 Å². The van der Waals surface area contributed by atoms with Gasteiger partial charge in [-0.2, -0.15) is 0 Å². The van der Waals surface area contributed by atoms with E-state index in [9.17, 15) is 4.79 Å². The Balaban J connectivity index is 0.973. The number of hydrogen-bond acceptors (Lipinski definition) is 10. The van der Waals surface area contributed by atoms with E-state index in [2.05, 4.69) is 101 Å². The predicted octanol–water partition coefficient (Wildman–Crippen LogP) is 5.93. The van der Waals surface area contributed by atoms with E-state index >= 15 is 0 Å². The first kappa shape index (κ1) is 37.4. The lowest BCUT2D eigenvalue weighted by molar-refractivity contribution is -0.142. The molecule has 0 amide bonds. The molecule has 0 bridgehead atoms. The Hall–Kier alpha value is -3.87. The zero-order chi connectivity index (χ0) is 37.0. The minimum atomic E-state index is -2.63. The van der Waals surface area contributed by atoms with Crippen molar-refractivity contribution in [3.63, 3.8) is 0 Å². The van der Waals surface area contributed by atoms with Gasteiger partial charge in [-0.3, -0.25) is 14.6 Å². The fraction of sp³-hybridized carbons (Fsp3) is 0.463. The van der Waals surface area contributed by atoms with Crippen molar-refractivity contribution >= 4 is 42.2 Å². The summed E-state index contributed by atoms with van der Waals surface area (Å²) in [5.41, 5.74) is 1.02. The number of fused-ring (bicyclic) bond motifs is 1. The van der Waals surface area contributed by atoms with E-state index in [4.69, 9.17) is 35.5 Å². The topological polar surface area (TPSA) is 93.1 Å². The van der Waals surface area contributed by atoms with Crippen LogP contribution in [-0.4, -0.2) is 97.6 Å². The summed E-state index contributed by atoms with van der Waals surface area (Å²) in [7, 11) is -1.19. The monoisotopic (exact) mass is 754 g/mol. The fourth-order valence-corrected chi connectivity index (χ4v) is 13.4. The number of aromatic nitrogens is 3. The highest BCUT2D eigenvalue weighted by molar-refractivity contribution is 6.99. The molecule has 0 spiro atoms. The highest BCUT2D eigenvalue weighted by atomic mass is 35.5. The van der Waals surface area contributed by atoms with Crippen molar-refractivity contribution in [2.75, 3.05) is 51.3 Å². The molecule has 3 saturated heterocycles. The second-order valence-electron chi connectivity index (χ2n) is 15.7. The van der Waals surface area contributed by atoms with Crippen LogP contribution in [0.4, 0.5) is 5.95 Å². The van der Waals surface area contributed by atoms with Crippen molar-refractivity contribution in [3.05, 3.63) is 95.9 Å². The van der Waals surface area contributed by atoms with Crippen LogP contribution in [0.2, 0.25) is 10.2 Å². The number of carbonyl (C=O) groups is 1. The Kier molecular flexibility index (Phi) is 11.5. The summed E-state index contributed by atoms with van der Waals surface area (Å²) in [4.78, 5) is 32.8. The number of benzene rings is 2. The predicted molar refractivity (Wildman–Crippen MR) is 211 cm³/mol. The van der Waals surface area contributed by atoms with E-state index in [0.717, 1.165) is 70.6 Å². The number of nitrogens with zero attached hydrogens (tertiary/aromatic N) is 6. The van der Waals surface area contributed by atoms with Crippen LogP contribution in [0.15, 0.2) is 85.2 Å². The smallest absolute Gasteiger partial charge is 0.305 e. The van der Waals surface area contributed by atoms with Crippen LogP contribution in [-0.2, 0) is 20.5 Å². The van der Waals surface area contributed by atoms with Crippen LogP contribution in [0.1, 0.15) is 52.0 Å². The molecule has 12 heteroatoms. The number of likely N-dealkylation sites (tertiary alicyclic amines) is 1. The van der Waals surface area contributed by atoms with Crippen molar-refractivity contribution in [1.82, 2.24) is 24.8 Å². The molecule has 2 aromatic carbocycles. The average molecular weight is 755 g/mol. The summed E-state index contributed by atoms with van der Waals surface area (Å²) in [6, 6.07) is 26.0. The number of hydrogen-bond donors (Lipinski definition) is 0. The lowest BCUT2D eigenvalue weighted by Gasteiger charge is -2.44. The lowest BCUT2D eigenvalue weighted by atomic mass is 9.93. The van der Waals surface area contributed by atoms with Gasteiger partial charge in [-0.25, -0.2) is 15.0 Å². The Morgan fingerprint density at radius 1 is 0.906 bits per heavy atom. The molecule has 0 aliphatic carbocycles. The van der Waals surface area contributed by atoms with Crippen molar-refractivity contribution in [2.24, 2.45) is 5.92 Å². The minimum absolute atomic E-state index is 0.0597. The fourth-order valence-electron chi connectivity index (χ4n) is 8.44. The third-order valence-corrected chi connectivity index (χ3v) is 16.4. The van der Waals surface area contributed by atoms with E-state index in [-0.39, 0.29) is 17.1 Å². The van der Waals surface area contributed by atoms with Crippen LogP contribution in [0.5, 0.6) is 11.6 Å². The van der Waals surface area contributed by atoms with Gasteiger partial charge in [0.15, 0.2) is 5.75 Å². The number of ether oxygens (including phenoxy) is 2. The van der Waals surface area contributed by atoms with Gasteiger partial charge >= 0.3 is 5.97 Å². The summed E-state index contributed by atoms with van der Waals surface area (Å²) >= 11 is 6.42. The number of anilines is 1. The van der Waals surface area contributed by atoms with E-state index in [1.165, 1.54) is 17.5 Å². The van der Waals surface area contributed by atoms with Crippen molar-refractivity contribution in [1.29, 1.82) is 0 Å². The Morgan fingerprint density at radius 2 is 1.57 bits per heavy atom. The molecule has 4 aromatic rings. The van der Waals surface area contributed by atoms with Gasteiger partial charge in [0.05, 0.1) is 25.6 Å². The zero-order valence-electron chi connectivity index (χ0n) is 31.3. The van der Waals surface area contributed by atoms with Crippen molar-refractivity contribution < 1.29 is 18.7 Å². The number of methoxy groups -OCH3 is 1. The van der Waals surface area contributed by atoms with Crippen LogP contribution >= 0.6 is 11.6 Å². The summed E-state index contributed by atoms with van der Waals surface area (Å²) in [5, 5.41) is 2.95. The van der Waals surface area contributed by atoms with Gasteiger partial charge < -0.3 is 18.8 Å². The normalized spacial score (nSPS) is 20.3. The van der Waals surface area contributed by atoms with E-state index in [1.54, 1.807) is 12.4 Å². The molecule has 10 nitrogen and oxygen atoms in total. The third-order valence-electron chi connectivity index (χ3n) is 11.1. The van der Waals surface area contributed by atoms with Gasteiger partial charge in [0.2, 0.25) is 11.8 Å². The number of halogens is 1. The average Bonchev–Trinajstić information content (AvgIpc) is 3.56. The standard InChI is InChI=1S/C41H51ClN6O4Si/c1-41(2,3)53(35-11-7-5-8-12-35,36-13-9-6-10-14-36)52-33-24-32-28-48(20-19-47(32)29-33)40-43-25-34(26-44-40)51-38-22-31(21-37(42)45-38)27-46-17-15-30(16-18-46)23-39(49)50-4/h5-14,21-22,25-26,30,32-33H,15-20,23-24,27-29H2,1-4H3/t32-,33+/m0/s1. The number of rotatable bonds is 11. The number of carbonyl (C=O) groups excluding carboxylic acids is 1. The number of esters is 1. The molecule has 7 rings (SSSR count). The molecule has 53 heavy (non-hydrogen) atoms. The first-order chi connectivity index (χ1) is 25.6. The maximum absolute atomic E-state index is 11.7. The molecule has 3 aliphatic rings. The largest absolute Gasteiger partial charge is 0.469 e. The second-order valence-corrected chi connectivity index (χ2v) is 20.3. The molecular formula is C41H51ClN6O4Si. The molecule has 0 saturated carbocycles. The van der Waals surface area contributed by atoms with E-state index in [0.29, 0.717) is 41.1 Å². The third kappa shape index (κ3) is 8.60. The number of piperidine rings is 1. The summed E-state index contributed by atoms with van der Waals surface area (Å²) in [6.45, 7) is 13.2. The summed E-state index contributed by atoms with van der Waals surface area (Å²) < 4.78 is 18.5. The van der Waals surface area contributed by atoms with Crippen LogP contribution in [0, 0.1) is 5.92 Å². The second kappa shape index (κ2) is 16.2. The Morgan fingerprint density at radius 3 is 2.19 bits per heavy atom. The van der Waals surface area contributed by atoms with Gasteiger partial charge in [-0.15, -0.1) is 0 Å². The highest BCUT2D eigenvalue weighted by Crippen LogP contribution is 2.39. The quantitative estimate of drug-likeness (QED) is 0.104. The van der Waals surface area contributed by atoms with Gasteiger partial charge in [0.25, 0.3) is 8.32 Å². The molecule has 0 unspecified atom stereocenters. The SMILES string of the molecule is COC(=O)CC1CCN(Cc2cc(Cl)nc(Oc3cnc(N4CCN5C[C@H](O[Si](c6ccccc6)(c6ccccc6)C(C)(C)C)C[C@H]5C4)nc3)c2)CC1. The molecule has 280 valence electrons. The van der Waals surface area contributed by atoms with Crippen molar-refractivity contribution in [2.45, 2.75) is 70.2 Å². The number of pyridine rings is 1. The summed E-state index contributed by atoms with van der Waals surface area (Å²) in [6.07, 6.45) is 6.95. The highest BCUT2D eigenvalue weighted by Gasteiger charge is 2.53. The number of piperazine rings is 1. The van der Waals surface area contributed by atoms with Crippen LogP contribution in [0.25, 0.3) is 0 Å². The first-order valence-electron chi connectivity index (χ1n) is 18.8. The van der Waals surface area contributed by atoms with E-state index in [1.807, 2.05) is 12.1 Å². The van der Waals surface area contributed by atoms with Crippen LogP contribution in [0.3, 0.4) is 0 Å². The van der Waals surface area contributed by atoms with Crippen molar-refractivity contribution in [3.8, 4) is 11.6 Å². The molecule has 0 N–H and O–H groups in total. The first-order valence-corrected chi connectivity index (χ1v) is 21.1. The molecule has 3 aliphatic heterocycles. The molecule has 5 heterocycles. The van der Waals surface area contributed by atoms with Gasteiger partial charge in [-0.05, 0) is 65.3 Å². The molecule has 3 fully saturated rings. The molecule has 2 atom stereocenters. The zero-order valence-corrected chi connectivity index (χ0v) is 33.0. The Labute approximate surface area is 319 Å². The van der Waals surface area contributed by atoms with Gasteiger partial charge in [0, 0.05) is 51.3 Å². The summed E-state index contributed by atoms with van der Waals surface area (Å²) in [5.74, 6) is 1.86. The molecular weight excluding hydrogens is 704 g/mol. The molecule has 2 aromatic heterocycles. The lowest BCUT2D eigenvalue weighted by Crippen LogP contribution is -2.67. The Bertz CT molecular complexity index is 1780. The maximum Gasteiger partial charge on any atom is 0.305 e. The minimum Gasteiger partial charge on any atom is -0.469 e. The molecule has 0 radical (unpaired) electrons. The van der Waals surface area contributed by atoms with E-state index < -0.39 is 8.32 Å².